The van der Waals surface area contributed by atoms with Gasteiger partial charge in [0.1, 0.15) is 5.75 Å². The normalized spacial score (nSPS) is 11.0. The van der Waals surface area contributed by atoms with E-state index in [1.807, 2.05) is 97.3 Å². The van der Waals surface area contributed by atoms with Crippen LogP contribution in [0.5, 0.6) is 5.75 Å². The molecule has 34 heavy (non-hydrogen) atoms. The Hall–Kier alpha value is -3.91. The first-order valence-electron chi connectivity index (χ1n) is 10.9. The van der Waals surface area contributed by atoms with Gasteiger partial charge in [0.2, 0.25) is 0 Å². The third-order valence-corrected chi connectivity index (χ3v) is 5.81. The molecule has 1 N–H and O–H groups in total. The highest BCUT2D eigenvalue weighted by Gasteiger charge is 2.17. The number of ether oxygens (including phenoxy) is 1. The van der Waals surface area contributed by atoms with Gasteiger partial charge in [0.15, 0.2) is 11.0 Å². The minimum absolute atomic E-state index is 0.152. The van der Waals surface area contributed by atoms with Gasteiger partial charge in [0.05, 0.1) is 18.6 Å². The van der Waals surface area contributed by atoms with Crippen LogP contribution in [-0.2, 0) is 4.79 Å². The Bertz CT molecular complexity index is 1250. The van der Waals surface area contributed by atoms with Gasteiger partial charge in [-0.05, 0) is 55.8 Å². The van der Waals surface area contributed by atoms with Crippen LogP contribution in [0.4, 0.5) is 0 Å². The number of nitrogens with one attached hydrogen (secondary N) is 1. The van der Waals surface area contributed by atoms with Gasteiger partial charge in [-0.25, -0.2) is 5.43 Å². The largest absolute Gasteiger partial charge is 0.494 e. The van der Waals surface area contributed by atoms with E-state index in [-0.39, 0.29) is 11.7 Å². The lowest BCUT2D eigenvalue weighted by Crippen LogP contribution is -2.20. The van der Waals surface area contributed by atoms with Gasteiger partial charge in [0, 0.05) is 11.3 Å². The zero-order chi connectivity index (χ0) is 23.8. The van der Waals surface area contributed by atoms with Gasteiger partial charge >= 0.3 is 0 Å². The van der Waals surface area contributed by atoms with Crippen molar-refractivity contribution in [1.29, 1.82) is 0 Å². The molecule has 1 aromatic heterocycles. The molecule has 1 heterocycles. The van der Waals surface area contributed by atoms with Gasteiger partial charge in [0.25, 0.3) is 5.91 Å². The van der Waals surface area contributed by atoms with Crippen molar-refractivity contribution >= 4 is 23.9 Å². The SMILES string of the molecule is CCOc1ccc(C=NNC(=O)CSc2nnc(-c3ccccc3)n2-c2ccc(C)cc2)cc1. The van der Waals surface area contributed by atoms with Crippen LogP contribution in [0.25, 0.3) is 17.1 Å². The average molecular weight is 472 g/mol. The molecule has 8 heteroatoms. The molecule has 0 radical (unpaired) electrons. The predicted octanol–water partition coefficient (Wildman–Crippen LogP) is 4.88. The lowest BCUT2D eigenvalue weighted by molar-refractivity contribution is -0.118. The Labute approximate surface area is 202 Å². The molecule has 3 aromatic carbocycles. The number of benzene rings is 3. The maximum Gasteiger partial charge on any atom is 0.250 e. The Balaban J connectivity index is 1.44. The van der Waals surface area contributed by atoms with Crippen LogP contribution in [0.2, 0.25) is 0 Å². The van der Waals surface area contributed by atoms with Gasteiger partial charge in [-0.2, -0.15) is 5.10 Å². The fourth-order valence-electron chi connectivity index (χ4n) is 3.22. The number of aryl methyl sites for hydroxylation is 1. The number of thioether (sulfide) groups is 1. The first-order chi connectivity index (χ1) is 16.6. The summed E-state index contributed by atoms with van der Waals surface area (Å²) < 4.78 is 7.39. The first kappa shape index (κ1) is 23.3. The number of carbonyl (C=O) groups excluding carboxylic acids is 1. The van der Waals surface area contributed by atoms with Crippen molar-refractivity contribution in [2.75, 3.05) is 12.4 Å². The standard InChI is InChI=1S/C26H25N5O2S/c1-3-33-23-15-11-20(12-16-23)17-27-28-24(32)18-34-26-30-29-25(21-7-5-4-6-8-21)31(26)22-13-9-19(2)10-14-22/h4-17H,3,18H2,1-2H3,(H,28,32). The molecule has 0 aliphatic heterocycles. The number of carbonyl (C=O) groups is 1. The summed E-state index contributed by atoms with van der Waals surface area (Å²) in [7, 11) is 0. The highest BCUT2D eigenvalue weighted by atomic mass is 32.2. The maximum absolute atomic E-state index is 12.4. The number of hydrogen-bond acceptors (Lipinski definition) is 6. The summed E-state index contributed by atoms with van der Waals surface area (Å²) >= 11 is 1.31. The molecule has 0 fully saturated rings. The Morgan fingerprint density at radius 1 is 1.03 bits per heavy atom. The molecule has 0 unspecified atom stereocenters. The van der Waals surface area contributed by atoms with Crippen molar-refractivity contribution in [2.24, 2.45) is 5.10 Å². The molecule has 4 aromatic rings. The summed E-state index contributed by atoms with van der Waals surface area (Å²) in [6, 6.07) is 25.5. The molecule has 7 nitrogen and oxygen atoms in total. The van der Waals surface area contributed by atoms with Crippen LogP contribution >= 0.6 is 11.8 Å². The van der Waals surface area contributed by atoms with E-state index in [2.05, 4.69) is 20.7 Å². The minimum Gasteiger partial charge on any atom is -0.494 e. The molecular formula is C26H25N5O2S. The van der Waals surface area contributed by atoms with Gasteiger partial charge in [-0.15, -0.1) is 10.2 Å². The van der Waals surface area contributed by atoms with Crippen molar-refractivity contribution in [3.05, 3.63) is 90.0 Å². The molecule has 172 valence electrons. The summed E-state index contributed by atoms with van der Waals surface area (Å²) in [5, 5.41) is 13.4. The second kappa shape index (κ2) is 11.3. The van der Waals surface area contributed by atoms with Gasteiger partial charge in [-0.3, -0.25) is 9.36 Å². The van der Waals surface area contributed by atoms with E-state index in [0.717, 1.165) is 34.0 Å². The fourth-order valence-corrected chi connectivity index (χ4v) is 3.97. The molecule has 4 rings (SSSR count). The van der Waals surface area contributed by atoms with Crippen molar-refractivity contribution < 1.29 is 9.53 Å². The second-order valence-electron chi connectivity index (χ2n) is 7.43. The number of hydrogen-bond donors (Lipinski definition) is 1. The molecule has 0 bridgehead atoms. The van der Waals surface area contributed by atoms with Crippen molar-refractivity contribution in [1.82, 2.24) is 20.2 Å². The second-order valence-corrected chi connectivity index (χ2v) is 8.37. The Morgan fingerprint density at radius 2 is 1.76 bits per heavy atom. The Morgan fingerprint density at radius 3 is 2.47 bits per heavy atom. The summed E-state index contributed by atoms with van der Waals surface area (Å²) in [5.74, 6) is 1.44. The third kappa shape index (κ3) is 5.90. The maximum atomic E-state index is 12.4. The van der Waals surface area contributed by atoms with E-state index in [9.17, 15) is 4.79 Å². The van der Waals surface area contributed by atoms with E-state index >= 15 is 0 Å². The minimum atomic E-state index is -0.230. The smallest absolute Gasteiger partial charge is 0.250 e. The van der Waals surface area contributed by atoms with E-state index in [1.165, 1.54) is 11.8 Å². The molecule has 0 atom stereocenters. The topological polar surface area (TPSA) is 81.4 Å². The van der Waals surface area contributed by atoms with Crippen molar-refractivity contribution in [2.45, 2.75) is 19.0 Å². The molecule has 0 aliphatic rings. The number of hydrazone groups is 1. The van der Waals surface area contributed by atoms with Crippen molar-refractivity contribution in [3.8, 4) is 22.8 Å². The molecule has 0 spiro atoms. The fraction of sp³-hybridized carbons (Fsp3) is 0.154. The van der Waals surface area contributed by atoms with Crippen LogP contribution in [0.15, 0.2) is 89.1 Å². The molecule has 0 saturated carbocycles. The molecule has 0 saturated heterocycles. The van der Waals surface area contributed by atoms with Crippen LogP contribution in [0.3, 0.4) is 0 Å². The average Bonchev–Trinajstić information content (AvgIpc) is 3.29. The summed E-state index contributed by atoms with van der Waals surface area (Å²) in [6.07, 6.45) is 1.60. The lowest BCUT2D eigenvalue weighted by atomic mass is 10.2. The number of rotatable bonds is 9. The van der Waals surface area contributed by atoms with Crippen LogP contribution in [-0.4, -0.2) is 39.2 Å². The quantitative estimate of drug-likeness (QED) is 0.214. The van der Waals surface area contributed by atoms with Crippen LogP contribution in [0, 0.1) is 6.92 Å². The van der Waals surface area contributed by atoms with Crippen LogP contribution < -0.4 is 10.2 Å². The number of nitrogens with zero attached hydrogens (tertiary/aromatic N) is 4. The van der Waals surface area contributed by atoms with E-state index < -0.39 is 0 Å². The van der Waals surface area contributed by atoms with Crippen LogP contribution in [0.1, 0.15) is 18.1 Å². The molecule has 1 amide bonds. The first-order valence-corrected chi connectivity index (χ1v) is 11.9. The lowest BCUT2D eigenvalue weighted by Gasteiger charge is -2.10. The highest BCUT2D eigenvalue weighted by molar-refractivity contribution is 7.99. The number of aromatic nitrogens is 3. The van der Waals surface area contributed by atoms with E-state index in [0.29, 0.717) is 11.8 Å². The monoisotopic (exact) mass is 471 g/mol. The molecular weight excluding hydrogens is 446 g/mol. The summed E-state index contributed by atoms with van der Waals surface area (Å²) in [5.41, 5.74) is 6.48. The van der Waals surface area contributed by atoms with E-state index in [1.54, 1.807) is 6.21 Å². The molecule has 0 aliphatic carbocycles. The summed E-state index contributed by atoms with van der Waals surface area (Å²) in [6.45, 7) is 4.60. The Kier molecular flexibility index (Phi) is 7.72. The zero-order valence-electron chi connectivity index (χ0n) is 19.0. The highest BCUT2D eigenvalue weighted by Crippen LogP contribution is 2.28. The van der Waals surface area contributed by atoms with E-state index in [4.69, 9.17) is 4.74 Å². The third-order valence-electron chi connectivity index (χ3n) is 4.88. The summed E-state index contributed by atoms with van der Waals surface area (Å²) in [4.78, 5) is 12.4. The van der Waals surface area contributed by atoms with Gasteiger partial charge in [-0.1, -0.05) is 59.8 Å². The predicted molar refractivity (Wildman–Crippen MR) is 136 cm³/mol. The number of amides is 1. The van der Waals surface area contributed by atoms with Crippen molar-refractivity contribution in [3.63, 3.8) is 0 Å². The van der Waals surface area contributed by atoms with Gasteiger partial charge < -0.3 is 4.74 Å². The zero-order valence-corrected chi connectivity index (χ0v) is 19.8.